The van der Waals surface area contributed by atoms with Crippen molar-refractivity contribution >= 4 is 29.1 Å². The van der Waals surface area contributed by atoms with E-state index < -0.39 is 0 Å². The smallest absolute Gasteiger partial charge is 0.145 e. The summed E-state index contributed by atoms with van der Waals surface area (Å²) >= 11 is 0. The maximum absolute atomic E-state index is 6.08. The molecule has 2 fully saturated rings. The summed E-state index contributed by atoms with van der Waals surface area (Å²) in [6, 6.07) is 8.67. The van der Waals surface area contributed by atoms with Gasteiger partial charge in [0.2, 0.25) is 0 Å². The van der Waals surface area contributed by atoms with Crippen LogP contribution >= 0.6 is 12.4 Å². The predicted octanol–water partition coefficient (Wildman–Crippen LogP) is 1.11. The molecule has 2 saturated heterocycles. The third kappa shape index (κ3) is 3.62. The van der Waals surface area contributed by atoms with Gasteiger partial charge in [-0.3, -0.25) is 9.80 Å². The molecule has 1 atom stereocenters. The molecule has 130 valence electrons. The minimum atomic E-state index is 0. The van der Waals surface area contributed by atoms with Crippen LogP contribution in [-0.4, -0.2) is 65.1 Å². The lowest BCUT2D eigenvalue weighted by Gasteiger charge is -2.37. The van der Waals surface area contributed by atoms with Crippen LogP contribution in [0.2, 0.25) is 0 Å². The number of aromatic nitrogens is 2. The molecule has 4 rings (SSSR count). The minimum absolute atomic E-state index is 0. The highest BCUT2D eigenvalue weighted by Crippen LogP contribution is 2.18. The number of halogens is 1. The van der Waals surface area contributed by atoms with Gasteiger partial charge in [-0.1, -0.05) is 12.1 Å². The SMILES string of the molecule is Cl.Nc1nc(CN2CCN(C3CCNC3)CC2)nc2ccccc12. The summed E-state index contributed by atoms with van der Waals surface area (Å²) < 4.78 is 0. The lowest BCUT2D eigenvalue weighted by atomic mass is 10.2. The van der Waals surface area contributed by atoms with Crippen molar-refractivity contribution < 1.29 is 0 Å². The summed E-state index contributed by atoms with van der Waals surface area (Å²) in [6.45, 7) is 7.51. The average Bonchev–Trinajstić information content (AvgIpc) is 3.10. The highest BCUT2D eigenvalue weighted by Gasteiger charge is 2.26. The van der Waals surface area contributed by atoms with Crippen molar-refractivity contribution in [2.75, 3.05) is 45.0 Å². The molecule has 3 N–H and O–H groups in total. The lowest BCUT2D eigenvalue weighted by Crippen LogP contribution is -2.50. The van der Waals surface area contributed by atoms with E-state index in [-0.39, 0.29) is 12.4 Å². The van der Waals surface area contributed by atoms with Gasteiger partial charge in [0, 0.05) is 44.2 Å². The van der Waals surface area contributed by atoms with E-state index in [4.69, 9.17) is 5.73 Å². The molecule has 0 radical (unpaired) electrons. The van der Waals surface area contributed by atoms with Crippen LogP contribution in [0.5, 0.6) is 0 Å². The molecule has 7 heteroatoms. The van der Waals surface area contributed by atoms with Crippen molar-refractivity contribution in [2.24, 2.45) is 0 Å². The largest absolute Gasteiger partial charge is 0.383 e. The molecule has 1 unspecified atom stereocenters. The molecule has 0 saturated carbocycles. The second-order valence-electron chi connectivity index (χ2n) is 6.50. The highest BCUT2D eigenvalue weighted by atomic mass is 35.5. The van der Waals surface area contributed by atoms with Crippen LogP contribution in [0.25, 0.3) is 10.9 Å². The van der Waals surface area contributed by atoms with Gasteiger partial charge in [-0.15, -0.1) is 12.4 Å². The molecule has 0 bridgehead atoms. The molecule has 0 spiro atoms. The van der Waals surface area contributed by atoms with Crippen molar-refractivity contribution in [3.8, 4) is 0 Å². The van der Waals surface area contributed by atoms with Gasteiger partial charge in [-0.25, -0.2) is 9.97 Å². The van der Waals surface area contributed by atoms with Gasteiger partial charge in [-0.2, -0.15) is 0 Å². The molecule has 1 aromatic carbocycles. The summed E-state index contributed by atoms with van der Waals surface area (Å²) in [5.74, 6) is 1.42. The van der Waals surface area contributed by atoms with E-state index in [2.05, 4.69) is 25.1 Å². The Kier molecular flexibility index (Phi) is 5.50. The second-order valence-corrected chi connectivity index (χ2v) is 6.50. The highest BCUT2D eigenvalue weighted by molar-refractivity contribution is 5.87. The Morgan fingerprint density at radius 3 is 2.67 bits per heavy atom. The molecule has 2 aliphatic heterocycles. The number of para-hydroxylation sites is 1. The van der Waals surface area contributed by atoms with Gasteiger partial charge in [0.1, 0.15) is 11.6 Å². The first-order valence-electron chi connectivity index (χ1n) is 8.48. The second kappa shape index (κ2) is 7.61. The zero-order chi connectivity index (χ0) is 15.6. The van der Waals surface area contributed by atoms with E-state index in [0.29, 0.717) is 5.82 Å². The molecule has 2 aliphatic rings. The number of nitrogens with two attached hydrogens (primary N) is 1. The fraction of sp³-hybridized carbons (Fsp3) is 0.529. The lowest BCUT2D eigenvalue weighted by molar-refractivity contribution is 0.0966. The maximum Gasteiger partial charge on any atom is 0.145 e. The zero-order valence-electron chi connectivity index (χ0n) is 13.8. The summed E-state index contributed by atoms with van der Waals surface area (Å²) in [5, 5.41) is 4.39. The van der Waals surface area contributed by atoms with Crippen molar-refractivity contribution in [3.05, 3.63) is 30.1 Å². The normalized spacial score (nSPS) is 22.6. The minimum Gasteiger partial charge on any atom is -0.383 e. The number of hydrogen-bond acceptors (Lipinski definition) is 6. The summed E-state index contributed by atoms with van der Waals surface area (Å²) in [4.78, 5) is 14.2. The van der Waals surface area contributed by atoms with Gasteiger partial charge in [-0.05, 0) is 25.1 Å². The fourth-order valence-corrected chi connectivity index (χ4v) is 3.66. The van der Waals surface area contributed by atoms with E-state index in [9.17, 15) is 0 Å². The topological polar surface area (TPSA) is 70.3 Å². The van der Waals surface area contributed by atoms with Gasteiger partial charge >= 0.3 is 0 Å². The monoisotopic (exact) mass is 348 g/mol. The quantitative estimate of drug-likeness (QED) is 0.866. The van der Waals surface area contributed by atoms with Crippen LogP contribution in [0, 0.1) is 0 Å². The van der Waals surface area contributed by atoms with Gasteiger partial charge in [0.25, 0.3) is 0 Å². The molecule has 1 aromatic heterocycles. The molecule has 24 heavy (non-hydrogen) atoms. The van der Waals surface area contributed by atoms with E-state index in [1.165, 1.54) is 6.42 Å². The van der Waals surface area contributed by atoms with Crippen LogP contribution in [0.1, 0.15) is 12.2 Å². The Hall–Kier alpha value is -1.47. The molecule has 3 heterocycles. The average molecular weight is 349 g/mol. The van der Waals surface area contributed by atoms with Crippen LogP contribution in [-0.2, 0) is 6.54 Å². The molecule has 0 aliphatic carbocycles. The first-order chi connectivity index (χ1) is 11.3. The number of benzene rings is 1. The zero-order valence-corrected chi connectivity index (χ0v) is 14.6. The van der Waals surface area contributed by atoms with Crippen molar-refractivity contribution in [1.29, 1.82) is 0 Å². The van der Waals surface area contributed by atoms with Crippen LogP contribution in [0.3, 0.4) is 0 Å². The number of fused-ring (bicyclic) bond motifs is 1. The number of hydrogen-bond donors (Lipinski definition) is 2. The number of nitrogens with one attached hydrogen (secondary N) is 1. The van der Waals surface area contributed by atoms with Crippen molar-refractivity contribution in [2.45, 2.75) is 19.0 Å². The molecular weight excluding hydrogens is 324 g/mol. The van der Waals surface area contributed by atoms with Gasteiger partial charge < -0.3 is 11.1 Å². The van der Waals surface area contributed by atoms with E-state index in [0.717, 1.165) is 68.6 Å². The Morgan fingerprint density at radius 1 is 1.12 bits per heavy atom. The Balaban J connectivity index is 0.00000169. The van der Waals surface area contributed by atoms with Crippen LogP contribution < -0.4 is 11.1 Å². The fourth-order valence-electron chi connectivity index (χ4n) is 3.66. The maximum atomic E-state index is 6.08. The summed E-state index contributed by atoms with van der Waals surface area (Å²) in [5.41, 5.74) is 7.02. The van der Waals surface area contributed by atoms with E-state index in [1.54, 1.807) is 0 Å². The number of piperazine rings is 1. The Labute approximate surface area is 148 Å². The van der Waals surface area contributed by atoms with Gasteiger partial charge in [0.05, 0.1) is 12.1 Å². The Morgan fingerprint density at radius 2 is 1.92 bits per heavy atom. The molecule has 2 aromatic rings. The molecule has 0 amide bonds. The number of nitrogen functional groups attached to an aromatic ring is 1. The molecular formula is C17H25ClN6. The van der Waals surface area contributed by atoms with Crippen LogP contribution in [0.4, 0.5) is 5.82 Å². The van der Waals surface area contributed by atoms with E-state index >= 15 is 0 Å². The number of nitrogens with zero attached hydrogens (tertiary/aromatic N) is 4. The van der Waals surface area contributed by atoms with Crippen molar-refractivity contribution in [3.63, 3.8) is 0 Å². The summed E-state index contributed by atoms with van der Waals surface area (Å²) in [6.07, 6.45) is 1.28. The third-order valence-electron chi connectivity index (χ3n) is 5.00. The molecule has 6 nitrogen and oxygen atoms in total. The Bertz CT molecular complexity index is 680. The summed E-state index contributed by atoms with van der Waals surface area (Å²) in [7, 11) is 0. The van der Waals surface area contributed by atoms with E-state index in [1.807, 2.05) is 24.3 Å². The standard InChI is InChI=1S/C17H24N6.ClH/c18-17-14-3-1-2-4-15(14)20-16(21-17)12-22-7-9-23(10-8-22)13-5-6-19-11-13;/h1-4,13,19H,5-12H2,(H2,18,20,21);1H. The van der Waals surface area contributed by atoms with Crippen molar-refractivity contribution in [1.82, 2.24) is 25.1 Å². The predicted molar refractivity (Wildman–Crippen MR) is 99.3 cm³/mol. The third-order valence-corrected chi connectivity index (χ3v) is 5.00. The first-order valence-corrected chi connectivity index (χ1v) is 8.48. The number of rotatable bonds is 3. The van der Waals surface area contributed by atoms with Crippen LogP contribution in [0.15, 0.2) is 24.3 Å². The number of anilines is 1. The van der Waals surface area contributed by atoms with Gasteiger partial charge in [0.15, 0.2) is 0 Å². The first kappa shape index (κ1) is 17.4.